The van der Waals surface area contributed by atoms with E-state index in [1.807, 2.05) is 24.3 Å². The molecule has 5 heteroatoms. The fourth-order valence-corrected chi connectivity index (χ4v) is 1.51. The van der Waals surface area contributed by atoms with Gasteiger partial charge in [-0.2, -0.15) is 0 Å². The van der Waals surface area contributed by atoms with Crippen molar-refractivity contribution in [2.24, 2.45) is 0 Å². The fraction of sp³-hybridized carbons (Fsp3) is 0.0909. The van der Waals surface area contributed by atoms with Gasteiger partial charge in [0, 0.05) is 16.4 Å². The summed E-state index contributed by atoms with van der Waals surface area (Å²) in [7, 11) is 0. The van der Waals surface area contributed by atoms with Gasteiger partial charge in [0.2, 0.25) is 0 Å². The number of anilines is 2. The zero-order valence-corrected chi connectivity index (χ0v) is 10.1. The van der Waals surface area contributed by atoms with Gasteiger partial charge in [0.1, 0.15) is 11.6 Å². The van der Waals surface area contributed by atoms with Crippen molar-refractivity contribution < 1.29 is 0 Å². The number of benzene rings is 1. The molecule has 0 amide bonds. The first-order chi connectivity index (χ1) is 7.74. The van der Waals surface area contributed by atoms with Gasteiger partial charge in [0.15, 0.2) is 0 Å². The van der Waals surface area contributed by atoms with Gasteiger partial charge in [0.25, 0.3) is 0 Å². The monoisotopic (exact) mass is 278 g/mol. The summed E-state index contributed by atoms with van der Waals surface area (Å²) in [6.07, 6.45) is 1.65. The molecular formula is C11H11BrN4. The number of nitrogens with one attached hydrogen (secondary N) is 1. The van der Waals surface area contributed by atoms with E-state index in [1.165, 1.54) is 0 Å². The maximum atomic E-state index is 5.56. The van der Waals surface area contributed by atoms with Crippen LogP contribution in [-0.2, 0) is 6.54 Å². The quantitative estimate of drug-likeness (QED) is 0.905. The van der Waals surface area contributed by atoms with E-state index in [2.05, 4.69) is 31.2 Å². The SMILES string of the molecule is Nc1ccnc(CNc2ccc(Br)cc2)n1. The van der Waals surface area contributed by atoms with Crippen molar-refractivity contribution in [3.8, 4) is 0 Å². The molecular weight excluding hydrogens is 268 g/mol. The van der Waals surface area contributed by atoms with Gasteiger partial charge in [-0.15, -0.1) is 0 Å². The minimum Gasteiger partial charge on any atom is -0.384 e. The van der Waals surface area contributed by atoms with Crippen LogP contribution in [0, 0.1) is 0 Å². The summed E-state index contributed by atoms with van der Waals surface area (Å²) in [5, 5.41) is 3.21. The first-order valence-electron chi connectivity index (χ1n) is 4.81. The molecule has 0 fully saturated rings. The van der Waals surface area contributed by atoms with Crippen molar-refractivity contribution in [3.05, 3.63) is 46.8 Å². The Hall–Kier alpha value is -1.62. The number of aromatic nitrogens is 2. The van der Waals surface area contributed by atoms with Gasteiger partial charge in [-0.1, -0.05) is 15.9 Å². The topological polar surface area (TPSA) is 63.8 Å². The first kappa shape index (κ1) is 10.9. The van der Waals surface area contributed by atoms with Crippen molar-refractivity contribution in [1.82, 2.24) is 9.97 Å². The Balaban J connectivity index is 1.99. The molecule has 1 aromatic carbocycles. The summed E-state index contributed by atoms with van der Waals surface area (Å²) in [5.74, 6) is 1.17. The third-order valence-electron chi connectivity index (χ3n) is 2.02. The van der Waals surface area contributed by atoms with Crippen molar-refractivity contribution in [1.29, 1.82) is 0 Å². The van der Waals surface area contributed by atoms with E-state index in [-0.39, 0.29) is 0 Å². The molecule has 4 nitrogen and oxygen atoms in total. The third kappa shape index (κ3) is 2.93. The van der Waals surface area contributed by atoms with Crippen LogP contribution in [0.4, 0.5) is 11.5 Å². The van der Waals surface area contributed by atoms with Crippen LogP contribution in [0.3, 0.4) is 0 Å². The number of nitrogens with two attached hydrogens (primary N) is 1. The van der Waals surface area contributed by atoms with Crippen LogP contribution in [0.25, 0.3) is 0 Å². The zero-order valence-electron chi connectivity index (χ0n) is 8.52. The van der Waals surface area contributed by atoms with Crippen molar-refractivity contribution >= 4 is 27.4 Å². The normalized spacial score (nSPS) is 10.1. The van der Waals surface area contributed by atoms with Crippen molar-refractivity contribution in [2.75, 3.05) is 11.1 Å². The first-order valence-corrected chi connectivity index (χ1v) is 5.60. The largest absolute Gasteiger partial charge is 0.384 e. The predicted octanol–water partition coefficient (Wildman–Crippen LogP) is 2.43. The van der Waals surface area contributed by atoms with Gasteiger partial charge >= 0.3 is 0 Å². The molecule has 0 spiro atoms. The molecule has 2 rings (SSSR count). The molecule has 2 aromatic rings. The minimum absolute atomic E-state index is 0.489. The van der Waals surface area contributed by atoms with E-state index >= 15 is 0 Å². The van der Waals surface area contributed by atoms with Crippen LogP contribution in [0.5, 0.6) is 0 Å². The highest BCUT2D eigenvalue weighted by Gasteiger charge is 1.97. The average Bonchev–Trinajstić information content (AvgIpc) is 2.28. The number of hydrogen-bond donors (Lipinski definition) is 2. The van der Waals surface area contributed by atoms with E-state index in [1.54, 1.807) is 12.3 Å². The molecule has 1 aromatic heterocycles. The smallest absolute Gasteiger partial charge is 0.149 e. The summed E-state index contributed by atoms with van der Waals surface area (Å²) in [6.45, 7) is 0.562. The molecule has 0 saturated carbocycles. The highest BCUT2D eigenvalue weighted by Crippen LogP contribution is 2.14. The highest BCUT2D eigenvalue weighted by molar-refractivity contribution is 9.10. The van der Waals surface area contributed by atoms with Gasteiger partial charge in [-0.05, 0) is 30.3 Å². The predicted molar refractivity (Wildman–Crippen MR) is 67.9 cm³/mol. The zero-order chi connectivity index (χ0) is 11.4. The molecule has 1 heterocycles. The van der Waals surface area contributed by atoms with Crippen LogP contribution in [0.1, 0.15) is 5.82 Å². The molecule has 0 aliphatic carbocycles. The van der Waals surface area contributed by atoms with Crippen LogP contribution < -0.4 is 11.1 Å². The van der Waals surface area contributed by atoms with E-state index in [0.29, 0.717) is 18.2 Å². The van der Waals surface area contributed by atoms with E-state index < -0.39 is 0 Å². The summed E-state index contributed by atoms with van der Waals surface area (Å²) < 4.78 is 1.05. The maximum Gasteiger partial charge on any atom is 0.149 e. The molecule has 0 atom stereocenters. The molecule has 0 unspecified atom stereocenters. The Morgan fingerprint density at radius 3 is 2.62 bits per heavy atom. The van der Waals surface area contributed by atoms with Crippen LogP contribution >= 0.6 is 15.9 Å². The lowest BCUT2D eigenvalue weighted by Gasteiger charge is -2.05. The van der Waals surface area contributed by atoms with Gasteiger partial charge < -0.3 is 11.1 Å². The standard InChI is InChI=1S/C11H11BrN4/c12-8-1-3-9(4-2-8)15-7-11-14-6-5-10(13)16-11/h1-6,15H,7H2,(H2,13,14,16). The molecule has 0 aliphatic rings. The maximum absolute atomic E-state index is 5.56. The van der Waals surface area contributed by atoms with E-state index in [4.69, 9.17) is 5.73 Å². The Kier molecular flexibility index (Phi) is 3.36. The Morgan fingerprint density at radius 2 is 1.94 bits per heavy atom. The molecule has 0 aliphatic heterocycles. The van der Waals surface area contributed by atoms with Crippen molar-refractivity contribution in [3.63, 3.8) is 0 Å². The van der Waals surface area contributed by atoms with Crippen LogP contribution in [0.2, 0.25) is 0 Å². The second-order valence-corrected chi connectivity index (χ2v) is 4.17. The Labute approximate surface area is 102 Å². The molecule has 0 radical (unpaired) electrons. The second kappa shape index (κ2) is 4.94. The van der Waals surface area contributed by atoms with E-state index in [0.717, 1.165) is 10.2 Å². The lowest BCUT2D eigenvalue weighted by Crippen LogP contribution is -2.05. The summed E-state index contributed by atoms with van der Waals surface area (Å²) in [5.41, 5.74) is 6.58. The Morgan fingerprint density at radius 1 is 1.19 bits per heavy atom. The number of nitrogen functional groups attached to an aromatic ring is 1. The number of hydrogen-bond acceptors (Lipinski definition) is 4. The van der Waals surface area contributed by atoms with Crippen LogP contribution in [-0.4, -0.2) is 9.97 Å². The highest BCUT2D eigenvalue weighted by atomic mass is 79.9. The van der Waals surface area contributed by atoms with E-state index in [9.17, 15) is 0 Å². The molecule has 0 bridgehead atoms. The number of nitrogens with zero attached hydrogens (tertiary/aromatic N) is 2. The number of halogens is 1. The van der Waals surface area contributed by atoms with Gasteiger partial charge in [0.05, 0.1) is 6.54 Å². The molecule has 82 valence electrons. The lowest BCUT2D eigenvalue weighted by atomic mass is 10.3. The second-order valence-electron chi connectivity index (χ2n) is 3.26. The minimum atomic E-state index is 0.489. The molecule has 3 N–H and O–H groups in total. The van der Waals surface area contributed by atoms with Gasteiger partial charge in [-0.25, -0.2) is 9.97 Å². The summed E-state index contributed by atoms with van der Waals surface area (Å²) in [6, 6.07) is 9.58. The fourth-order valence-electron chi connectivity index (χ4n) is 1.25. The molecule has 0 saturated heterocycles. The van der Waals surface area contributed by atoms with Crippen LogP contribution in [0.15, 0.2) is 41.0 Å². The average molecular weight is 279 g/mol. The van der Waals surface area contributed by atoms with Crippen molar-refractivity contribution in [2.45, 2.75) is 6.54 Å². The van der Waals surface area contributed by atoms with Gasteiger partial charge in [-0.3, -0.25) is 0 Å². The summed E-state index contributed by atoms with van der Waals surface area (Å²) >= 11 is 3.38. The summed E-state index contributed by atoms with van der Waals surface area (Å²) in [4.78, 5) is 8.21. The lowest BCUT2D eigenvalue weighted by molar-refractivity contribution is 0.954. The number of rotatable bonds is 3. The third-order valence-corrected chi connectivity index (χ3v) is 2.55. The Bertz CT molecular complexity index is 470. The molecule has 16 heavy (non-hydrogen) atoms.